The van der Waals surface area contributed by atoms with Gasteiger partial charge in [-0.05, 0) is 116 Å². The van der Waals surface area contributed by atoms with Crippen LogP contribution >= 0.6 is 0 Å². The maximum atomic E-state index is 13.7. The van der Waals surface area contributed by atoms with Crippen LogP contribution in [0.1, 0.15) is 135 Å². The number of carbonyl (C=O) groups is 4. The summed E-state index contributed by atoms with van der Waals surface area (Å²) in [6, 6.07) is -0.473. The lowest BCUT2D eigenvalue weighted by Crippen LogP contribution is -2.70. The van der Waals surface area contributed by atoms with Gasteiger partial charge in [-0.2, -0.15) is 26.3 Å². The standard InChI is InChI=1S/C47H64F6N2O8/c1-25(2)26(3)41(5)16-17-43(7)31-12-13-35-42(6)23-61-24-45(35,32(31)14-15-44(43,8)36(41)39(58)59)22-34(62-27(4)56)37(42)63-40(60)33(54)11-9-10-18-55-38(57)28-19-29(46(48,49)50)21-30(20-28)47(51,52)53/h14,19-21,25-26,31,33-37H,9-13,15-18,22-24,54H2,1-8H3,(H,55,57)(H,58,59)/t26-,31+,33?,34-,35+,36-,37+,41-,42+,43-,44+,45+/m1/s1. The van der Waals surface area contributed by atoms with Gasteiger partial charge >= 0.3 is 30.3 Å². The Kier molecular flexibility index (Phi) is 13.1. The number of hydrogen-bond acceptors (Lipinski definition) is 8. The molecule has 16 heteroatoms. The summed E-state index contributed by atoms with van der Waals surface area (Å²) in [5, 5.41) is 13.4. The van der Waals surface area contributed by atoms with Crippen molar-refractivity contribution >= 4 is 23.8 Å². The number of benzene rings is 1. The number of unbranched alkanes of at least 4 members (excludes halogenated alkanes) is 1. The van der Waals surface area contributed by atoms with Gasteiger partial charge in [-0.1, -0.05) is 60.1 Å². The lowest BCUT2D eigenvalue weighted by Gasteiger charge is -2.71. The van der Waals surface area contributed by atoms with E-state index in [1.807, 2.05) is 6.92 Å². The predicted molar refractivity (Wildman–Crippen MR) is 220 cm³/mol. The number of esters is 2. The number of allylic oxidation sites excluding steroid dienone is 1. The Morgan fingerprint density at radius 1 is 0.905 bits per heavy atom. The van der Waals surface area contributed by atoms with Crippen molar-refractivity contribution in [1.82, 2.24) is 5.32 Å². The number of nitrogens with one attached hydrogen (secondary N) is 1. The number of rotatable bonds is 12. The van der Waals surface area contributed by atoms with Gasteiger partial charge in [-0.15, -0.1) is 0 Å². The number of ether oxygens (including phenoxy) is 3. The van der Waals surface area contributed by atoms with E-state index >= 15 is 0 Å². The van der Waals surface area contributed by atoms with Gasteiger partial charge < -0.3 is 30.4 Å². The van der Waals surface area contributed by atoms with Crippen LogP contribution in [0.25, 0.3) is 0 Å². The molecule has 6 rings (SSSR count). The van der Waals surface area contributed by atoms with Gasteiger partial charge in [-0.3, -0.25) is 19.2 Å². The molecule has 0 aromatic heterocycles. The maximum Gasteiger partial charge on any atom is 0.416 e. The summed E-state index contributed by atoms with van der Waals surface area (Å²) in [7, 11) is 0. The number of fused-ring (bicyclic) bond motifs is 3. The minimum absolute atomic E-state index is 0.0206. The van der Waals surface area contributed by atoms with Crippen LogP contribution < -0.4 is 11.1 Å². The highest BCUT2D eigenvalue weighted by molar-refractivity contribution is 5.94. The van der Waals surface area contributed by atoms with Crippen LogP contribution in [0.5, 0.6) is 0 Å². The monoisotopic (exact) mass is 898 g/mol. The number of halogens is 6. The maximum absolute atomic E-state index is 13.7. The Morgan fingerprint density at radius 3 is 2.11 bits per heavy atom. The Balaban J connectivity index is 1.16. The Hall–Kier alpha value is -3.66. The quantitative estimate of drug-likeness (QED) is 0.0806. The van der Waals surface area contributed by atoms with Crippen molar-refractivity contribution in [3.8, 4) is 0 Å². The third kappa shape index (κ3) is 8.42. The van der Waals surface area contributed by atoms with Crippen LogP contribution in [-0.4, -0.2) is 66.9 Å². The second-order valence-electron chi connectivity index (χ2n) is 20.7. The van der Waals surface area contributed by atoms with Crippen molar-refractivity contribution in [3.05, 3.63) is 46.5 Å². The first kappa shape index (κ1) is 48.8. The fourth-order valence-electron chi connectivity index (χ4n) is 13.3. The predicted octanol–water partition coefficient (Wildman–Crippen LogP) is 9.38. The molecule has 0 radical (unpaired) electrons. The number of hydrogen-bond donors (Lipinski definition) is 3. The van der Waals surface area contributed by atoms with Gasteiger partial charge in [0.15, 0.2) is 0 Å². The topological polar surface area (TPSA) is 154 Å². The molecule has 12 atom stereocenters. The van der Waals surface area contributed by atoms with Crippen LogP contribution in [0.15, 0.2) is 29.8 Å². The van der Waals surface area contributed by atoms with E-state index in [1.54, 1.807) is 0 Å². The van der Waals surface area contributed by atoms with E-state index in [4.69, 9.17) is 19.9 Å². The van der Waals surface area contributed by atoms with Crippen molar-refractivity contribution in [3.63, 3.8) is 0 Å². The molecular formula is C47H64F6N2O8. The van der Waals surface area contributed by atoms with Crippen molar-refractivity contribution in [2.45, 2.75) is 144 Å². The highest BCUT2D eigenvalue weighted by atomic mass is 19.4. The second-order valence-corrected chi connectivity index (χ2v) is 20.7. The third-order valence-electron chi connectivity index (χ3n) is 17.0. The molecule has 1 aromatic rings. The third-order valence-corrected chi connectivity index (χ3v) is 17.0. The number of amides is 1. The first-order valence-corrected chi connectivity index (χ1v) is 22.3. The van der Waals surface area contributed by atoms with E-state index < -0.39 is 98.7 Å². The SMILES string of the molecule is CC(=O)O[C@@H]1C[C@@]23COC[C@@](C)([C@@H]2CC[C@H]2C3=CC[C@@]3(C)[C@H](C(=O)O)[C@@](C)([C@H](C)C(C)C)CC[C@]23C)[C@H]1OC(=O)C(N)CCCCNC(=O)c1cc(C(F)(F)F)cc(C(F)(F)F)c1. The van der Waals surface area contributed by atoms with Crippen molar-refractivity contribution in [1.29, 1.82) is 0 Å². The molecule has 3 saturated carbocycles. The summed E-state index contributed by atoms with van der Waals surface area (Å²) in [4.78, 5) is 52.5. The molecule has 1 unspecified atom stereocenters. The zero-order valence-electron chi connectivity index (χ0n) is 37.6. The van der Waals surface area contributed by atoms with E-state index in [2.05, 4.69) is 52.9 Å². The fourth-order valence-corrected chi connectivity index (χ4v) is 13.3. The van der Waals surface area contributed by atoms with Gasteiger partial charge in [0.05, 0.1) is 30.3 Å². The van der Waals surface area contributed by atoms with E-state index in [0.717, 1.165) is 25.7 Å². The van der Waals surface area contributed by atoms with Crippen LogP contribution in [0.3, 0.4) is 0 Å². The van der Waals surface area contributed by atoms with Gasteiger partial charge in [-0.25, -0.2) is 0 Å². The molecule has 0 spiro atoms. The van der Waals surface area contributed by atoms with E-state index in [9.17, 15) is 50.6 Å². The summed E-state index contributed by atoms with van der Waals surface area (Å²) >= 11 is 0. The van der Waals surface area contributed by atoms with Gasteiger partial charge in [0.2, 0.25) is 0 Å². The molecule has 1 aliphatic heterocycles. The van der Waals surface area contributed by atoms with Gasteiger partial charge in [0.25, 0.3) is 5.91 Å². The number of carbonyl (C=O) groups excluding carboxylic acids is 3. The molecule has 4 N–H and O–H groups in total. The minimum Gasteiger partial charge on any atom is -0.481 e. The smallest absolute Gasteiger partial charge is 0.416 e. The van der Waals surface area contributed by atoms with Crippen molar-refractivity contribution in [2.24, 2.45) is 62.4 Å². The molecule has 63 heavy (non-hydrogen) atoms. The average molecular weight is 899 g/mol. The first-order chi connectivity index (χ1) is 29.1. The minimum atomic E-state index is -5.10. The number of carboxylic acid groups (broad SMARTS) is 1. The molecule has 10 nitrogen and oxygen atoms in total. The highest BCUT2D eigenvalue weighted by Crippen LogP contribution is 2.75. The zero-order valence-corrected chi connectivity index (χ0v) is 37.6. The van der Waals surface area contributed by atoms with Gasteiger partial charge in [0, 0.05) is 29.9 Å². The van der Waals surface area contributed by atoms with Crippen LogP contribution in [0.2, 0.25) is 0 Å². The molecule has 2 bridgehead atoms. The lowest BCUT2D eigenvalue weighted by atomic mass is 9.34. The number of nitrogens with two attached hydrogens (primary N) is 1. The summed E-state index contributed by atoms with van der Waals surface area (Å²) in [5.74, 6) is -3.15. The van der Waals surface area contributed by atoms with E-state index in [0.29, 0.717) is 37.5 Å². The van der Waals surface area contributed by atoms with E-state index in [1.165, 1.54) is 12.5 Å². The van der Waals surface area contributed by atoms with Crippen molar-refractivity contribution < 1.29 is 64.8 Å². The Labute approximate surface area is 365 Å². The van der Waals surface area contributed by atoms with Crippen LogP contribution in [0, 0.1) is 56.7 Å². The number of carboxylic acids is 1. The fraction of sp³-hybridized carbons (Fsp3) is 0.745. The van der Waals surface area contributed by atoms with Crippen LogP contribution in [-0.2, 0) is 40.9 Å². The van der Waals surface area contributed by atoms with Gasteiger partial charge in [0.1, 0.15) is 18.2 Å². The molecule has 1 amide bonds. The normalized spacial score (nSPS) is 36.1. The Morgan fingerprint density at radius 2 is 1.54 bits per heavy atom. The number of aliphatic carboxylic acids is 1. The van der Waals surface area contributed by atoms with Crippen LogP contribution in [0.4, 0.5) is 26.3 Å². The largest absolute Gasteiger partial charge is 0.481 e. The molecule has 4 fully saturated rings. The lowest BCUT2D eigenvalue weighted by molar-refractivity contribution is -0.263. The van der Waals surface area contributed by atoms with E-state index in [-0.39, 0.29) is 61.6 Å². The van der Waals surface area contributed by atoms with Crippen molar-refractivity contribution in [2.75, 3.05) is 19.8 Å². The molecule has 1 saturated heterocycles. The molecule has 1 heterocycles. The molecule has 4 aliphatic carbocycles. The summed E-state index contributed by atoms with van der Waals surface area (Å²) < 4.78 is 98.5. The molecular weight excluding hydrogens is 835 g/mol. The molecule has 5 aliphatic rings. The molecule has 1 aromatic carbocycles. The first-order valence-electron chi connectivity index (χ1n) is 22.3. The highest BCUT2D eigenvalue weighted by Gasteiger charge is 2.72. The molecule has 352 valence electrons. The second kappa shape index (κ2) is 17.0. The number of alkyl halides is 6. The summed E-state index contributed by atoms with van der Waals surface area (Å²) in [6.45, 7) is 17.0. The Bertz CT molecular complexity index is 1960. The average Bonchev–Trinajstić information content (AvgIpc) is 3.17. The zero-order chi connectivity index (χ0) is 46.9. The summed E-state index contributed by atoms with van der Waals surface area (Å²) in [5.41, 5.74) is 0.952. The summed E-state index contributed by atoms with van der Waals surface area (Å²) in [6.07, 6.45) is -4.96.